The van der Waals surface area contributed by atoms with E-state index in [4.69, 9.17) is 15.7 Å². The zero-order valence-corrected chi connectivity index (χ0v) is 16.0. The first-order chi connectivity index (χ1) is 13.9. The van der Waals surface area contributed by atoms with Gasteiger partial charge >= 0.3 is 5.97 Å². The van der Waals surface area contributed by atoms with Crippen molar-refractivity contribution in [1.29, 1.82) is 5.26 Å². The van der Waals surface area contributed by atoms with Crippen molar-refractivity contribution in [3.8, 4) is 6.07 Å². The van der Waals surface area contributed by atoms with Crippen LogP contribution in [0.5, 0.6) is 0 Å². The summed E-state index contributed by atoms with van der Waals surface area (Å²) in [6, 6.07) is 14.3. The first kappa shape index (κ1) is 20.2. The van der Waals surface area contributed by atoms with Crippen LogP contribution >= 0.6 is 0 Å². The molecule has 29 heavy (non-hydrogen) atoms. The van der Waals surface area contributed by atoms with Gasteiger partial charge < -0.3 is 10.5 Å². The molecular formula is C19H17N5O4S. The largest absolute Gasteiger partial charge is 0.454 e. The molecule has 0 bridgehead atoms. The number of aromatic nitrogens is 2. The number of nitrogens with two attached hydrogens (primary N) is 1. The lowest BCUT2D eigenvalue weighted by Gasteiger charge is -2.08. The van der Waals surface area contributed by atoms with Crippen LogP contribution in [-0.2, 0) is 21.4 Å². The molecule has 10 heteroatoms. The number of hydrogen-bond donors (Lipinski definition) is 2. The third-order valence-corrected chi connectivity index (χ3v) is 5.42. The molecule has 0 saturated heterocycles. The first-order valence-corrected chi connectivity index (χ1v) is 10.0. The Morgan fingerprint density at radius 2 is 1.86 bits per heavy atom. The summed E-state index contributed by atoms with van der Waals surface area (Å²) in [6.07, 6.45) is 0.0605. The second kappa shape index (κ2) is 8.64. The van der Waals surface area contributed by atoms with Gasteiger partial charge in [-0.25, -0.2) is 27.9 Å². The molecule has 148 valence electrons. The van der Waals surface area contributed by atoms with Crippen molar-refractivity contribution >= 4 is 32.7 Å². The number of fused-ring (bicyclic) bond motifs is 1. The van der Waals surface area contributed by atoms with Crippen LogP contribution < -0.4 is 10.5 Å². The van der Waals surface area contributed by atoms with Gasteiger partial charge in [0, 0.05) is 18.4 Å². The number of anilines is 1. The van der Waals surface area contributed by atoms with Crippen molar-refractivity contribution < 1.29 is 17.9 Å². The summed E-state index contributed by atoms with van der Waals surface area (Å²) in [5.74, 6) is -0.0998. The molecule has 9 nitrogen and oxygen atoms in total. The standard InChI is InChI=1S/C19H17N5O4S/c20-10-3-11-22-29(26,27)14-8-6-13(7-9-14)19(25)28-12-17-23-16-5-2-1-4-15(16)18(21)24-17/h1-2,4-9,22H,3,11-12H2,(H2,21,23,24). The van der Waals surface area contributed by atoms with Crippen molar-refractivity contribution in [2.75, 3.05) is 12.3 Å². The molecule has 0 unspecified atom stereocenters. The second-order valence-corrected chi connectivity index (χ2v) is 7.72. The topological polar surface area (TPSA) is 148 Å². The average molecular weight is 411 g/mol. The maximum atomic E-state index is 12.2. The summed E-state index contributed by atoms with van der Waals surface area (Å²) >= 11 is 0. The summed E-state index contributed by atoms with van der Waals surface area (Å²) in [5.41, 5.74) is 6.72. The highest BCUT2D eigenvalue weighted by Crippen LogP contribution is 2.18. The number of nitriles is 1. The van der Waals surface area contributed by atoms with Crippen LogP contribution in [0.1, 0.15) is 22.6 Å². The maximum Gasteiger partial charge on any atom is 0.338 e. The van der Waals surface area contributed by atoms with Crippen molar-refractivity contribution in [3.63, 3.8) is 0 Å². The monoisotopic (exact) mass is 411 g/mol. The van der Waals surface area contributed by atoms with Gasteiger partial charge in [-0.3, -0.25) is 0 Å². The first-order valence-electron chi connectivity index (χ1n) is 8.55. The zero-order valence-electron chi connectivity index (χ0n) is 15.2. The minimum atomic E-state index is -3.74. The molecule has 1 aromatic heterocycles. The van der Waals surface area contributed by atoms with Crippen LogP contribution in [0.2, 0.25) is 0 Å². The summed E-state index contributed by atoms with van der Waals surface area (Å²) in [7, 11) is -3.74. The van der Waals surface area contributed by atoms with E-state index in [-0.39, 0.29) is 35.9 Å². The lowest BCUT2D eigenvalue weighted by atomic mass is 10.2. The van der Waals surface area contributed by atoms with Crippen molar-refractivity contribution in [2.45, 2.75) is 17.9 Å². The molecule has 3 N–H and O–H groups in total. The van der Waals surface area contributed by atoms with Crippen LogP contribution in [0.25, 0.3) is 10.9 Å². The van der Waals surface area contributed by atoms with E-state index < -0.39 is 16.0 Å². The quantitative estimate of drug-likeness (QED) is 0.441. The summed E-state index contributed by atoms with van der Waals surface area (Å²) in [4.78, 5) is 20.6. The van der Waals surface area contributed by atoms with E-state index >= 15 is 0 Å². The summed E-state index contributed by atoms with van der Waals surface area (Å²) < 4.78 is 31.6. The Balaban J connectivity index is 1.66. The molecule has 0 spiro atoms. The lowest BCUT2D eigenvalue weighted by Crippen LogP contribution is -2.24. The normalized spacial score (nSPS) is 11.1. The molecular weight excluding hydrogens is 394 g/mol. The van der Waals surface area contributed by atoms with Gasteiger partial charge in [-0.05, 0) is 36.4 Å². The van der Waals surface area contributed by atoms with Crippen LogP contribution in [0.3, 0.4) is 0 Å². The number of esters is 1. The van der Waals surface area contributed by atoms with Gasteiger partial charge in [-0.2, -0.15) is 5.26 Å². The van der Waals surface area contributed by atoms with Gasteiger partial charge in [-0.1, -0.05) is 12.1 Å². The molecule has 0 amide bonds. The SMILES string of the molecule is N#CCCNS(=O)(=O)c1ccc(C(=O)OCc2nc(N)c3ccccc3n2)cc1. The number of rotatable bonds is 7. The number of carbonyl (C=O) groups excluding carboxylic acids is 1. The Bertz CT molecular complexity index is 1190. The van der Waals surface area contributed by atoms with Crippen LogP contribution in [0, 0.1) is 11.3 Å². The third kappa shape index (κ3) is 4.84. The minimum absolute atomic E-state index is 0.0114. The molecule has 0 aliphatic carbocycles. The van der Waals surface area contributed by atoms with Gasteiger partial charge in [0.25, 0.3) is 0 Å². The molecule has 0 saturated carbocycles. The fraction of sp³-hybridized carbons (Fsp3) is 0.158. The lowest BCUT2D eigenvalue weighted by molar-refractivity contribution is 0.0462. The van der Waals surface area contributed by atoms with E-state index in [1.165, 1.54) is 24.3 Å². The zero-order chi connectivity index (χ0) is 20.9. The highest BCUT2D eigenvalue weighted by molar-refractivity contribution is 7.89. The molecule has 0 aliphatic heterocycles. The van der Waals surface area contributed by atoms with Crippen LogP contribution in [0.4, 0.5) is 5.82 Å². The molecule has 0 fully saturated rings. The summed E-state index contributed by atoms with van der Waals surface area (Å²) in [6.45, 7) is -0.166. The van der Waals surface area contributed by atoms with E-state index in [1.807, 2.05) is 18.2 Å². The predicted octanol–water partition coefficient (Wildman–Crippen LogP) is 1.76. The van der Waals surface area contributed by atoms with Gasteiger partial charge in [-0.15, -0.1) is 0 Å². The Labute approximate surface area is 167 Å². The van der Waals surface area contributed by atoms with E-state index in [2.05, 4.69) is 14.7 Å². The van der Waals surface area contributed by atoms with Gasteiger partial charge in [0.05, 0.1) is 22.0 Å². The van der Waals surface area contributed by atoms with Crippen molar-refractivity contribution in [2.24, 2.45) is 0 Å². The number of hydrogen-bond acceptors (Lipinski definition) is 8. The highest BCUT2D eigenvalue weighted by Gasteiger charge is 2.15. The number of nitrogens with one attached hydrogen (secondary N) is 1. The fourth-order valence-electron chi connectivity index (χ4n) is 2.52. The Morgan fingerprint density at radius 1 is 1.14 bits per heavy atom. The molecule has 0 radical (unpaired) electrons. The molecule has 3 rings (SSSR count). The number of nitrogen functional groups attached to an aromatic ring is 1. The van der Waals surface area contributed by atoms with Gasteiger partial charge in [0.15, 0.2) is 12.4 Å². The smallest absolute Gasteiger partial charge is 0.338 e. The molecule has 2 aromatic carbocycles. The van der Waals surface area contributed by atoms with Crippen LogP contribution in [0.15, 0.2) is 53.4 Å². The van der Waals surface area contributed by atoms with E-state index in [0.717, 1.165) is 0 Å². The maximum absolute atomic E-state index is 12.2. The Morgan fingerprint density at radius 3 is 2.59 bits per heavy atom. The highest BCUT2D eigenvalue weighted by atomic mass is 32.2. The van der Waals surface area contributed by atoms with E-state index in [9.17, 15) is 13.2 Å². The Hall–Kier alpha value is -3.55. The van der Waals surface area contributed by atoms with Crippen molar-refractivity contribution in [3.05, 3.63) is 59.9 Å². The molecule has 0 atom stereocenters. The molecule has 0 aliphatic rings. The van der Waals surface area contributed by atoms with Gasteiger partial charge in [0.1, 0.15) is 5.82 Å². The van der Waals surface area contributed by atoms with Crippen LogP contribution in [-0.4, -0.2) is 30.9 Å². The molecule has 1 heterocycles. The van der Waals surface area contributed by atoms with Gasteiger partial charge in [0.2, 0.25) is 10.0 Å². The average Bonchev–Trinajstić information content (AvgIpc) is 2.72. The number of ether oxygens (including phenoxy) is 1. The third-order valence-electron chi connectivity index (χ3n) is 3.94. The summed E-state index contributed by atoms with van der Waals surface area (Å²) in [5, 5.41) is 9.19. The number of nitrogens with zero attached hydrogens (tertiary/aromatic N) is 3. The van der Waals surface area contributed by atoms with E-state index in [1.54, 1.807) is 12.1 Å². The number of para-hydroxylation sites is 1. The fourth-order valence-corrected chi connectivity index (χ4v) is 3.56. The molecule has 3 aromatic rings. The number of sulfonamides is 1. The van der Waals surface area contributed by atoms with Crippen molar-refractivity contribution in [1.82, 2.24) is 14.7 Å². The Kier molecular flexibility index (Phi) is 6.01. The second-order valence-electron chi connectivity index (χ2n) is 5.95. The van der Waals surface area contributed by atoms with E-state index in [0.29, 0.717) is 16.7 Å². The number of benzene rings is 2. The predicted molar refractivity (Wildman–Crippen MR) is 105 cm³/mol. The minimum Gasteiger partial charge on any atom is -0.454 e. The number of carbonyl (C=O) groups is 1.